The van der Waals surface area contributed by atoms with Crippen molar-refractivity contribution in [1.82, 2.24) is 14.8 Å². The van der Waals surface area contributed by atoms with Gasteiger partial charge in [-0.05, 0) is 37.3 Å². The molecule has 0 radical (unpaired) electrons. The van der Waals surface area contributed by atoms with Crippen LogP contribution in [-0.2, 0) is 11.8 Å². The first-order valence-electron chi connectivity index (χ1n) is 8.11. The Morgan fingerprint density at radius 3 is 2.78 bits per heavy atom. The van der Waals surface area contributed by atoms with E-state index in [1.165, 1.54) is 11.8 Å². The summed E-state index contributed by atoms with van der Waals surface area (Å²) in [5.74, 6) is 0.454. The Labute approximate surface area is 166 Å². The van der Waals surface area contributed by atoms with E-state index in [4.69, 9.17) is 16.9 Å². The van der Waals surface area contributed by atoms with Gasteiger partial charge in [0.25, 0.3) is 0 Å². The Morgan fingerprint density at radius 2 is 2.04 bits per heavy atom. The van der Waals surface area contributed by atoms with E-state index in [0.717, 1.165) is 5.56 Å². The molecule has 1 heterocycles. The summed E-state index contributed by atoms with van der Waals surface area (Å²) in [6.07, 6.45) is 0. The smallest absolute Gasteiger partial charge is 0.237 e. The Hall–Kier alpha value is -2.82. The number of aromatic nitrogens is 3. The van der Waals surface area contributed by atoms with E-state index < -0.39 is 5.25 Å². The maximum atomic E-state index is 12.5. The molecule has 3 aromatic rings. The lowest BCUT2D eigenvalue weighted by atomic mass is 10.2. The van der Waals surface area contributed by atoms with Gasteiger partial charge in [-0.3, -0.25) is 4.79 Å². The summed E-state index contributed by atoms with van der Waals surface area (Å²) in [5.41, 5.74) is 1.86. The van der Waals surface area contributed by atoms with Crippen molar-refractivity contribution in [2.45, 2.75) is 17.3 Å². The van der Waals surface area contributed by atoms with Crippen LogP contribution >= 0.6 is 23.4 Å². The van der Waals surface area contributed by atoms with Crippen molar-refractivity contribution in [1.29, 1.82) is 5.26 Å². The number of hydrogen-bond acceptors (Lipinski definition) is 5. The molecule has 2 aromatic carbocycles. The molecule has 0 saturated heterocycles. The summed E-state index contributed by atoms with van der Waals surface area (Å²) in [7, 11) is 1.84. The van der Waals surface area contributed by atoms with Gasteiger partial charge in [-0.2, -0.15) is 5.26 Å². The molecule has 1 N–H and O–H groups in total. The molecule has 0 saturated carbocycles. The topological polar surface area (TPSA) is 83.6 Å². The molecule has 0 fully saturated rings. The fourth-order valence-electron chi connectivity index (χ4n) is 2.42. The van der Waals surface area contributed by atoms with Gasteiger partial charge in [-0.25, -0.2) is 0 Å². The maximum Gasteiger partial charge on any atom is 0.237 e. The molecule has 0 aliphatic heterocycles. The van der Waals surface area contributed by atoms with E-state index in [9.17, 15) is 4.79 Å². The summed E-state index contributed by atoms with van der Waals surface area (Å²) >= 11 is 7.53. The summed E-state index contributed by atoms with van der Waals surface area (Å²) < 4.78 is 1.81. The molecular weight excluding hydrogens is 382 g/mol. The highest BCUT2D eigenvalue weighted by atomic mass is 35.5. The molecule has 1 atom stereocenters. The molecule has 0 aliphatic carbocycles. The standard InChI is InChI=1S/C19H16ClN5OS/c1-12(18(26)22-14-7-5-6-13(10-14)11-21)27-19-24-23-17(25(19)2)15-8-3-4-9-16(15)20/h3-10,12H,1-2H3,(H,22,26). The first-order chi connectivity index (χ1) is 13.0. The first-order valence-corrected chi connectivity index (χ1v) is 9.37. The van der Waals surface area contributed by atoms with E-state index in [-0.39, 0.29) is 5.91 Å². The maximum absolute atomic E-state index is 12.5. The highest BCUT2D eigenvalue weighted by Gasteiger charge is 2.20. The van der Waals surface area contributed by atoms with Gasteiger partial charge in [0.15, 0.2) is 11.0 Å². The molecule has 0 aliphatic rings. The van der Waals surface area contributed by atoms with Crippen LogP contribution in [0.3, 0.4) is 0 Å². The number of carbonyl (C=O) groups is 1. The predicted molar refractivity (Wildman–Crippen MR) is 107 cm³/mol. The van der Waals surface area contributed by atoms with Crippen molar-refractivity contribution in [3.05, 3.63) is 59.1 Å². The minimum atomic E-state index is -0.405. The Morgan fingerprint density at radius 1 is 1.26 bits per heavy atom. The quantitative estimate of drug-likeness (QED) is 0.654. The SMILES string of the molecule is CC(Sc1nnc(-c2ccccc2Cl)n1C)C(=O)Nc1cccc(C#N)c1. The largest absolute Gasteiger partial charge is 0.325 e. The molecule has 1 aromatic heterocycles. The second-order valence-corrected chi connectivity index (χ2v) is 7.50. The van der Waals surface area contributed by atoms with E-state index in [0.29, 0.717) is 27.3 Å². The van der Waals surface area contributed by atoms with E-state index in [1.807, 2.05) is 29.8 Å². The number of carbonyl (C=O) groups excluding carboxylic acids is 1. The number of nitrogens with one attached hydrogen (secondary N) is 1. The Kier molecular flexibility index (Phi) is 5.79. The number of amides is 1. The fourth-order valence-corrected chi connectivity index (χ4v) is 3.45. The lowest BCUT2D eigenvalue weighted by Gasteiger charge is -2.12. The van der Waals surface area contributed by atoms with Crippen LogP contribution in [0.2, 0.25) is 5.02 Å². The van der Waals surface area contributed by atoms with Crippen molar-refractivity contribution in [3.8, 4) is 17.5 Å². The summed E-state index contributed by atoms with van der Waals surface area (Å²) in [4.78, 5) is 12.5. The third-order valence-corrected chi connectivity index (χ3v) is 5.32. The molecule has 27 heavy (non-hydrogen) atoms. The molecule has 8 heteroatoms. The van der Waals surface area contributed by atoms with E-state index >= 15 is 0 Å². The number of rotatable bonds is 5. The van der Waals surface area contributed by atoms with Crippen LogP contribution in [0.4, 0.5) is 5.69 Å². The highest BCUT2D eigenvalue weighted by molar-refractivity contribution is 8.00. The van der Waals surface area contributed by atoms with Crippen molar-refractivity contribution < 1.29 is 4.79 Å². The Bertz CT molecular complexity index is 1030. The normalized spacial score (nSPS) is 11.6. The second kappa shape index (κ2) is 8.25. The van der Waals surface area contributed by atoms with Crippen molar-refractivity contribution >= 4 is 35.0 Å². The molecule has 0 spiro atoms. The Balaban J connectivity index is 1.73. The monoisotopic (exact) mass is 397 g/mol. The third kappa shape index (κ3) is 4.30. The van der Waals surface area contributed by atoms with Crippen molar-refractivity contribution in [2.24, 2.45) is 7.05 Å². The van der Waals surface area contributed by atoms with Gasteiger partial charge in [0.05, 0.1) is 21.9 Å². The second-order valence-electron chi connectivity index (χ2n) is 5.79. The number of anilines is 1. The van der Waals surface area contributed by atoms with Gasteiger partial charge in [0.2, 0.25) is 5.91 Å². The lowest BCUT2D eigenvalue weighted by molar-refractivity contribution is -0.115. The lowest BCUT2D eigenvalue weighted by Crippen LogP contribution is -2.22. The summed E-state index contributed by atoms with van der Waals surface area (Å²) in [6.45, 7) is 1.79. The molecule has 136 valence electrons. The zero-order valence-corrected chi connectivity index (χ0v) is 16.3. The van der Waals surface area contributed by atoms with Crippen molar-refractivity contribution in [2.75, 3.05) is 5.32 Å². The van der Waals surface area contributed by atoms with E-state index in [1.54, 1.807) is 37.3 Å². The molecular formula is C19H16ClN5OS. The first kappa shape index (κ1) is 19.0. The van der Waals surface area contributed by atoms with E-state index in [2.05, 4.69) is 21.6 Å². The number of nitriles is 1. The average molecular weight is 398 g/mol. The summed E-state index contributed by atoms with van der Waals surface area (Å²) in [6, 6.07) is 16.2. The zero-order valence-electron chi connectivity index (χ0n) is 14.7. The minimum absolute atomic E-state index is 0.183. The van der Waals surface area contributed by atoms with Crippen LogP contribution in [0.15, 0.2) is 53.7 Å². The number of benzene rings is 2. The van der Waals surface area contributed by atoms with Gasteiger partial charge in [-0.15, -0.1) is 10.2 Å². The van der Waals surface area contributed by atoms with Gasteiger partial charge < -0.3 is 9.88 Å². The molecule has 3 rings (SSSR count). The van der Waals surface area contributed by atoms with Gasteiger partial charge in [0, 0.05) is 18.3 Å². The molecule has 1 unspecified atom stereocenters. The minimum Gasteiger partial charge on any atom is -0.325 e. The van der Waals surface area contributed by atoms with Gasteiger partial charge >= 0.3 is 0 Å². The van der Waals surface area contributed by atoms with Crippen LogP contribution in [-0.4, -0.2) is 25.9 Å². The highest BCUT2D eigenvalue weighted by Crippen LogP contribution is 2.30. The van der Waals surface area contributed by atoms with Crippen LogP contribution in [0.25, 0.3) is 11.4 Å². The third-order valence-electron chi connectivity index (χ3n) is 3.86. The predicted octanol–water partition coefficient (Wildman–Crippen LogP) is 4.13. The summed E-state index contributed by atoms with van der Waals surface area (Å²) in [5, 5.41) is 21.0. The van der Waals surface area contributed by atoms with Gasteiger partial charge in [0.1, 0.15) is 0 Å². The average Bonchev–Trinajstić information content (AvgIpc) is 3.02. The number of thioether (sulfide) groups is 1. The fraction of sp³-hybridized carbons (Fsp3) is 0.158. The number of halogens is 1. The van der Waals surface area contributed by atoms with Gasteiger partial charge in [-0.1, -0.05) is 41.6 Å². The van der Waals surface area contributed by atoms with Crippen LogP contribution in [0.5, 0.6) is 0 Å². The van der Waals surface area contributed by atoms with Crippen LogP contribution in [0, 0.1) is 11.3 Å². The van der Waals surface area contributed by atoms with Crippen LogP contribution in [0.1, 0.15) is 12.5 Å². The number of nitrogens with zero attached hydrogens (tertiary/aromatic N) is 4. The molecule has 1 amide bonds. The molecule has 0 bridgehead atoms. The number of hydrogen-bond donors (Lipinski definition) is 1. The zero-order chi connectivity index (χ0) is 19.4. The van der Waals surface area contributed by atoms with Crippen molar-refractivity contribution in [3.63, 3.8) is 0 Å². The van der Waals surface area contributed by atoms with Crippen LogP contribution < -0.4 is 5.32 Å². The molecule has 6 nitrogen and oxygen atoms in total.